The maximum atomic E-state index is 14.0. The molecular weight excluding hydrogens is 629 g/mol. The van der Waals surface area contributed by atoms with E-state index in [9.17, 15) is 18.0 Å². The number of nitrogens with one attached hydrogen (secondary N) is 1. The van der Waals surface area contributed by atoms with Crippen LogP contribution in [0.4, 0.5) is 5.69 Å². The normalized spacial score (nSPS) is 12.1. The largest absolute Gasteiger partial charge is 0.497 e. The van der Waals surface area contributed by atoms with E-state index < -0.39 is 28.5 Å². The quantitative estimate of drug-likeness (QED) is 0.281. The van der Waals surface area contributed by atoms with Crippen LogP contribution in [0.15, 0.2) is 83.8 Å². The molecule has 1 atom stereocenters. The Morgan fingerprint density at radius 3 is 2.10 bits per heavy atom. The third-order valence-electron chi connectivity index (χ3n) is 6.05. The molecule has 10 heteroatoms. The molecule has 1 N–H and O–H groups in total. The molecule has 0 saturated carbocycles. The Balaban J connectivity index is 2.04. The lowest BCUT2D eigenvalue weighted by molar-refractivity contribution is -0.140. The van der Waals surface area contributed by atoms with Gasteiger partial charge in [0, 0.05) is 16.2 Å². The molecule has 0 heterocycles. The highest BCUT2D eigenvalue weighted by atomic mass is 127. The van der Waals surface area contributed by atoms with Crippen LogP contribution in [-0.2, 0) is 26.2 Å². The summed E-state index contributed by atoms with van der Waals surface area (Å²) in [7, 11) is -2.51. The highest BCUT2D eigenvalue weighted by Crippen LogP contribution is 2.26. The Kier molecular flexibility index (Phi) is 10.8. The van der Waals surface area contributed by atoms with Crippen molar-refractivity contribution in [1.29, 1.82) is 0 Å². The van der Waals surface area contributed by atoms with Gasteiger partial charge in [0.25, 0.3) is 10.0 Å². The van der Waals surface area contributed by atoms with Crippen LogP contribution in [0.25, 0.3) is 0 Å². The molecule has 208 valence electrons. The topological polar surface area (TPSA) is 96.0 Å². The van der Waals surface area contributed by atoms with Gasteiger partial charge < -0.3 is 15.0 Å². The van der Waals surface area contributed by atoms with Gasteiger partial charge in [-0.1, -0.05) is 37.3 Å². The van der Waals surface area contributed by atoms with Crippen LogP contribution in [0, 0.1) is 3.57 Å². The van der Waals surface area contributed by atoms with Crippen LogP contribution < -0.4 is 14.4 Å². The lowest BCUT2D eigenvalue weighted by atomic mass is 10.1. The van der Waals surface area contributed by atoms with Crippen LogP contribution in [0.3, 0.4) is 0 Å². The van der Waals surface area contributed by atoms with Gasteiger partial charge in [0.05, 0.1) is 17.7 Å². The maximum absolute atomic E-state index is 14.0. The third kappa shape index (κ3) is 7.95. The average molecular weight is 664 g/mol. The Morgan fingerprint density at radius 2 is 1.56 bits per heavy atom. The summed E-state index contributed by atoms with van der Waals surface area (Å²) < 4.78 is 34.8. The van der Waals surface area contributed by atoms with Gasteiger partial charge in [-0.05, 0) is 97.0 Å². The van der Waals surface area contributed by atoms with E-state index in [1.165, 1.54) is 17.0 Å². The fourth-order valence-corrected chi connectivity index (χ4v) is 5.88. The number of carbonyl (C=O) groups excluding carboxylic acids is 2. The van der Waals surface area contributed by atoms with Crippen molar-refractivity contribution in [3.63, 3.8) is 0 Å². The fraction of sp³-hybridized carbons (Fsp3) is 0.310. The van der Waals surface area contributed by atoms with Crippen molar-refractivity contribution in [3.05, 3.63) is 88.0 Å². The molecule has 0 aliphatic rings. The van der Waals surface area contributed by atoms with Crippen molar-refractivity contribution in [3.8, 4) is 5.75 Å². The van der Waals surface area contributed by atoms with E-state index in [0.29, 0.717) is 17.9 Å². The predicted octanol–water partition coefficient (Wildman–Crippen LogP) is 4.83. The zero-order chi connectivity index (χ0) is 28.6. The zero-order valence-corrected chi connectivity index (χ0v) is 25.5. The molecule has 3 rings (SSSR count). The number of ether oxygens (including phenoxy) is 1. The highest BCUT2D eigenvalue weighted by Gasteiger charge is 2.33. The van der Waals surface area contributed by atoms with Crippen LogP contribution in [0.5, 0.6) is 5.75 Å². The summed E-state index contributed by atoms with van der Waals surface area (Å²) >= 11 is 2.14. The Labute approximate surface area is 244 Å². The minimum atomic E-state index is -4.08. The molecule has 0 aliphatic carbocycles. The smallest absolute Gasteiger partial charge is 0.264 e. The molecule has 0 spiro atoms. The molecule has 3 aromatic rings. The number of anilines is 1. The summed E-state index contributed by atoms with van der Waals surface area (Å²) in [6.45, 7) is 5.19. The summed E-state index contributed by atoms with van der Waals surface area (Å²) in [5, 5.41) is 2.89. The van der Waals surface area contributed by atoms with Gasteiger partial charge in [0.2, 0.25) is 11.8 Å². The molecule has 0 fully saturated rings. The summed E-state index contributed by atoms with van der Waals surface area (Å²) in [5.41, 5.74) is 1.14. The van der Waals surface area contributed by atoms with E-state index in [4.69, 9.17) is 4.74 Å². The monoisotopic (exact) mass is 663 g/mol. The number of sulfonamides is 1. The summed E-state index contributed by atoms with van der Waals surface area (Å²) in [4.78, 5) is 28.7. The number of methoxy groups -OCH3 is 1. The number of rotatable bonds is 12. The molecule has 0 saturated heterocycles. The highest BCUT2D eigenvalue weighted by molar-refractivity contribution is 14.1. The van der Waals surface area contributed by atoms with Crippen molar-refractivity contribution < 1.29 is 22.7 Å². The molecule has 0 aromatic heterocycles. The second kappa shape index (κ2) is 13.8. The first-order valence-electron chi connectivity index (χ1n) is 12.6. The second-order valence-electron chi connectivity index (χ2n) is 9.26. The Bertz CT molecular complexity index is 1350. The maximum Gasteiger partial charge on any atom is 0.264 e. The van der Waals surface area contributed by atoms with E-state index in [-0.39, 0.29) is 23.4 Å². The minimum Gasteiger partial charge on any atom is -0.497 e. The van der Waals surface area contributed by atoms with Crippen LogP contribution >= 0.6 is 22.6 Å². The molecule has 39 heavy (non-hydrogen) atoms. The predicted molar refractivity (Wildman–Crippen MR) is 161 cm³/mol. The SMILES string of the molecule is CC[C@@H](C(=O)NC(C)C)N(Cc1ccc(OC)cc1)C(=O)CN(c1ccc(I)cc1)S(=O)(=O)c1ccccc1. The van der Waals surface area contributed by atoms with E-state index in [1.807, 2.05) is 32.9 Å². The van der Waals surface area contributed by atoms with Gasteiger partial charge in [0.15, 0.2) is 0 Å². The molecule has 3 aromatic carbocycles. The molecular formula is C29H34IN3O5S. The van der Waals surface area contributed by atoms with Gasteiger partial charge in [-0.2, -0.15) is 0 Å². The number of nitrogens with zero attached hydrogens (tertiary/aromatic N) is 2. The second-order valence-corrected chi connectivity index (χ2v) is 12.4. The standard InChI is InChI=1S/C29H34IN3O5S/c1-5-27(29(35)31-21(2)3)32(19-22-11-17-25(38-4)18-12-22)28(34)20-33(24-15-13-23(30)14-16-24)39(36,37)26-9-7-6-8-10-26/h6-18,21,27H,5,19-20H2,1-4H3,(H,31,35)/t27-/m0/s1. The van der Waals surface area contributed by atoms with Crippen molar-refractivity contribution >= 4 is 50.1 Å². The zero-order valence-electron chi connectivity index (χ0n) is 22.5. The number of amides is 2. The first-order valence-corrected chi connectivity index (χ1v) is 15.1. The molecule has 0 aliphatic heterocycles. The molecule has 2 amide bonds. The molecule has 0 radical (unpaired) electrons. The summed E-state index contributed by atoms with van der Waals surface area (Å²) in [5.74, 6) is -0.115. The summed E-state index contributed by atoms with van der Waals surface area (Å²) in [6, 6.07) is 21.2. The summed E-state index contributed by atoms with van der Waals surface area (Å²) in [6.07, 6.45) is 0.357. The molecule has 8 nitrogen and oxygen atoms in total. The lowest BCUT2D eigenvalue weighted by Gasteiger charge is -2.33. The number of halogens is 1. The van der Waals surface area contributed by atoms with Crippen molar-refractivity contribution in [2.24, 2.45) is 0 Å². The Hall–Kier alpha value is -3.12. The number of hydrogen-bond acceptors (Lipinski definition) is 5. The number of benzene rings is 3. The van der Waals surface area contributed by atoms with Crippen LogP contribution in [0.2, 0.25) is 0 Å². The fourth-order valence-electron chi connectivity index (χ4n) is 4.08. The van der Waals surface area contributed by atoms with Crippen molar-refractivity contribution in [2.45, 2.75) is 50.7 Å². The minimum absolute atomic E-state index is 0.0719. The average Bonchev–Trinajstić information content (AvgIpc) is 2.92. The van der Waals surface area contributed by atoms with Crippen molar-refractivity contribution in [1.82, 2.24) is 10.2 Å². The van der Waals surface area contributed by atoms with E-state index in [1.54, 1.807) is 61.7 Å². The van der Waals surface area contributed by atoms with Gasteiger partial charge >= 0.3 is 0 Å². The van der Waals surface area contributed by atoms with Crippen LogP contribution in [0.1, 0.15) is 32.8 Å². The number of hydrogen-bond donors (Lipinski definition) is 1. The molecule has 0 bridgehead atoms. The van der Waals surface area contributed by atoms with E-state index >= 15 is 0 Å². The molecule has 0 unspecified atom stereocenters. The van der Waals surface area contributed by atoms with Gasteiger partial charge in [-0.15, -0.1) is 0 Å². The number of carbonyl (C=O) groups is 2. The van der Waals surface area contributed by atoms with Crippen LogP contribution in [-0.4, -0.2) is 50.9 Å². The van der Waals surface area contributed by atoms with E-state index in [0.717, 1.165) is 13.4 Å². The van der Waals surface area contributed by atoms with Gasteiger partial charge in [-0.3, -0.25) is 13.9 Å². The Morgan fingerprint density at radius 1 is 0.949 bits per heavy atom. The van der Waals surface area contributed by atoms with Gasteiger partial charge in [0.1, 0.15) is 18.3 Å². The first kappa shape index (κ1) is 30.4. The van der Waals surface area contributed by atoms with E-state index in [2.05, 4.69) is 27.9 Å². The lowest BCUT2D eigenvalue weighted by Crippen LogP contribution is -2.53. The first-order chi connectivity index (χ1) is 18.6. The third-order valence-corrected chi connectivity index (χ3v) is 8.56. The van der Waals surface area contributed by atoms with Crippen molar-refractivity contribution in [2.75, 3.05) is 18.0 Å². The van der Waals surface area contributed by atoms with Gasteiger partial charge in [-0.25, -0.2) is 8.42 Å².